The van der Waals surface area contributed by atoms with E-state index in [9.17, 15) is 0 Å². The molecule has 1 N–H and O–H groups in total. The van der Waals surface area contributed by atoms with E-state index in [1.165, 1.54) is 5.56 Å². The molecule has 0 aliphatic carbocycles. The van der Waals surface area contributed by atoms with Gasteiger partial charge in [-0.15, -0.1) is 0 Å². The number of nitrogens with one attached hydrogen (secondary N) is 1. The van der Waals surface area contributed by atoms with E-state index in [1.807, 2.05) is 18.2 Å². The largest absolute Gasteiger partial charge is 0.486 e. The monoisotopic (exact) mass is 335 g/mol. The molecule has 1 heterocycles. The van der Waals surface area contributed by atoms with E-state index in [2.05, 4.69) is 38.1 Å². The van der Waals surface area contributed by atoms with E-state index in [0.29, 0.717) is 12.4 Å². The Kier molecular flexibility index (Phi) is 5.95. The van der Waals surface area contributed by atoms with Gasteiger partial charge in [-0.05, 0) is 42.8 Å². The van der Waals surface area contributed by atoms with Crippen LogP contribution in [0.4, 0.5) is 0 Å². The Morgan fingerprint density at radius 1 is 1.25 bits per heavy atom. The lowest BCUT2D eigenvalue weighted by molar-refractivity contribution is 0.295. The van der Waals surface area contributed by atoms with E-state index in [-0.39, 0.29) is 0 Å². The number of hydrogen-bond donors (Lipinski definition) is 1. The highest BCUT2D eigenvalue weighted by Gasteiger charge is 2.03. The molecule has 0 amide bonds. The fourth-order valence-corrected chi connectivity index (χ4v) is 2.12. The third-order valence-electron chi connectivity index (χ3n) is 2.75. The molecule has 5 heteroatoms. The summed E-state index contributed by atoms with van der Waals surface area (Å²) in [5, 5.41) is 3.38. The second-order valence-electron chi connectivity index (χ2n) is 4.38. The maximum atomic E-state index is 5.72. The molecule has 0 unspecified atom stereocenters. The normalized spacial score (nSPS) is 10.5. The number of aromatic nitrogens is 2. The number of benzene rings is 1. The van der Waals surface area contributed by atoms with Crippen molar-refractivity contribution in [2.75, 3.05) is 6.54 Å². The highest BCUT2D eigenvalue weighted by atomic mass is 79.9. The van der Waals surface area contributed by atoms with Gasteiger partial charge >= 0.3 is 0 Å². The summed E-state index contributed by atoms with van der Waals surface area (Å²) in [7, 11) is 0. The predicted octanol–water partition coefficient (Wildman–Crippen LogP) is 3.32. The minimum atomic E-state index is 0.379. The van der Waals surface area contributed by atoms with E-state index < -0.39 is 0 Å². The van der Waals surface area contributed by atoms with Crippen molar-refractivity contribution in [1.82, 2.24) is 15.3 Å². The lowest BCUT2D eigenvalue weighted by Gasteiger charge is -2.10. The van der Waals surface area contributed by atoms with Crippen LogP contribution in [0.25, 0.3) is 0 Å². The SMILES string of the molecule is CCCNCc1cc(OCc2ncccn2)ccc1Br. The maximum absolute atomic E-state index is 5.72. The Bertz CT molecular complexity index is 534. The minimum absolute atomic E-state index is 0.379. The van der Waals surface area contributed by atoms with Crippen molar-refractivity contribution in [1.29, 1.82) is 0 Å². The Morgan fingerprint density at radius 3 is 2.80 bits per heavy atom. The highest BCUT2D eigenvalue weighted by molar-refractivity contribution is 9.10. The van der Waals surface area contributed by atoms with Crippen LogP contribution in [0.15, 0.2) is 41.1 Å². The smallest absolute Gasteiger partial charge is 0.166 e. The van der Waals surface area contributed by atoms with Gasteiger partial charge in [0.25, 0.3) is 0 Å². The quantitative estimate of drug-likeness (QED) is 0.788. The molecule has 0 bridgehead atoms. The van der Waals surface area contributed by atoms with Crippen molar-refractivity contribution < 1.29 is 4.74 Å². The number of ether oxygens (including phenoxy) is 1. The first-order chi connectivity index (χ1) is 9.79. The third kappa shape index (κ3) is 4.58. The number of rotatable bonds is 7. The molecule has 0 aliphatic rings. The van der Waals surface area contributed by atoms with Gasteiger partial charge in [0.2, 0.25) is 0 Å². The molecule has 2 rings (SSSR count). The van der Waals surface area contributed by atoms with Crippen molar-refractivity contribution in [3.63, 3.8) is 0 Å². The average Bonchev–Trinajstić information content (AvgIpc) is 2.49. The zero-order valence-electron chi connectivity index (χ0n) is 11.5. The summed E-state index contributed by atoms with van der Waals surface area (Å²) in [5.74, 6) is 1.51. The van der Waals surface area contributed by atoms with Crippen LogP contribution >= 0.6 is 15.9 Å². The van der Waals surface area contributed by atoms with Crippen LogP contribution in [0, 0.1) is 0 Å². The fourth-order valence-electron chi connectivity index (χ4n) is 1.73. The molecule has 20 heavy (non-hydrogen) atoms. The molecule has 0 aliphatic heterocycles. The molecule has 0 spiro atoms. The van der Waals surface area contributed by atoms with Gasteiger partial charge in [0.05, 0.1) is 0 Å². The van der Waals surface area contributed by atoms with Crippen LogP contribution in [-0.4, -0.2) is 16.5 Å². The van der Waals surface area contributed by atoms with Gasteiger partial charge in [-0.1, -0.05) is 22.9 Å². The van der Waals surface area contributed by atoms with Gasteiger partial charge < -0.3 is 10.1 Å². The van der Waals surface area contributed by atoms with Crippen LogP contribution < -0.4 is 10.1 Å². The van der Waals surface area contributed by atoms with Crippen molar-refractivity contribution in [3.05, 3.63) is 52.5 Å². The van der Waals surface area contributed by atoms with E-state index >= 15 is 0 Å². The second kappa shape index (κ2) is 7.97. The van der Waals surface area contributed by atoms with Gasteiger partial charge in [-0.2, -0.15) is 0 Å². The Labute approximate surface area is 127 Å². The number of halogens is 1. The molecule has 0 saturated carbocycles. The summed E-state index contributed by atoms with van der Waals surface area (Å²) < 4.78 is 6.81. The van der Waals surface area contributed by atoms with Gasteiger partial charge in [-0.25, -0.2) is 9.97 Å². The Morgan fingerprint density at radius 2 is 2.05 bits per heavy atom. The molecule has 2 aromatic rings. The van der Waals surface area contributed by atoms with Crippen LogP contribution in [0.3, 0.4) is 0 Å². The standard InChI is InChI=1S/C15H18BrN3O/c1-2-6-17-10-12-9-13(4-5-14(12)16)20-11-15-18-7-3-8-19-15/h3-5,7-9,17H,2,6,10-11H2,1H3. The first kappa shape index (κ1) is 14.9. The van der Waals surface area contributed by atoms with E-state index in [0.717, 1.165) is 29.7 Å². The lowest BCUT2D eigenvalue weighted by atomic mass is 10.2. The van der Waals surface area contributed by atoms with Gasteiger partial charge in [0.1, 0.15) is 12.4 Å². The third-order valence-corrected chi connectivity index (χ3v) is 3.52. The van der Waals surface area contributed by atoms with Gasteiger partial charge in [0.15, 0.2) is 5.82 Å². The molecule has 4 nitrogen and oxygen atoms in total. The van der Waals surface area contributed by atoms with E-state index in [1.54, 1.807) is 18.5 Å². The molecule has 0 fully saturated rings. The number of hydrogen-bond acceptors (Lipinski definition) is 4. The topological polar surface area (TPSA) is 47.0 Å². The van der Waals surface area contributed by atoms with Crippen molar-refractivity contribution in [3.8, 4) is 5.75 Å². The highest BCUT2D eigenvalue weighted by Crippen LogP contribution is 2.23. The minimum Gasteiger partial charge on any atom is -0.486 e. The molecule has 0 saturated heterocycles. The lowest BCUT2D eigenvalue weighted by Crippen LogP contribution is -2.14. The van der Waals surface area contributed by atoms with Gasteiger partial charge in [-0.3, -0.25) is 0 Å². The molecule has 1 aromatic carbocycles. The molecular formula is C15H18BrN3O. The molecular weight excluding hydrogens is 318 g/mol. The molecule has 106 valence electrons. The summed E-state index contributed by atoms with van der Waals surface area (Å²) in [6, 6.07) is 7.77. The first-order valence-electron chi connectivity index (χ1n) is 6.67. The predicted molar refractivity (Wildman–Crippen MR) is 82.5 cm³/mol. The maximum Gasteiger partial charge on any atom is 0.166 e. The summed E-state index contributed by atoms with van der Waals surface area (Å²) in [6.07, 6.45) is 4.56. The van der Waals surface area contributed by atoms with Gasteiger partial charge in [0, 0.05) is 23.4 Å². The van der Waals surface area contributed by atoms with Crippen LogP contribution in [0.5, 0.6) is 5.75 Å². The summed E-state index contributed by atoms with van der Waals surface area (Å²) in [6.45, 7) is 4.37. The van der Waals surface area contributed by atoms with E-state index in [4.69, 9.17) is 4.74 Å². The summed E-state index contributed by atoms with van der Waals surface area (Å²) in [5.41, 5.74) is 1.19. The van der Waals surface area contributed by atoms with Crippen LogP contribution in [0.1, 0.15) is 24.7 Å². The average molecular weight is 336 g/mol. The van der Waals surface area contributed by atoms with Crippen molar-refractivity contribution >= 4 is 15.9 Å². The Hall–Kier alpha value is -1.46. The summed E-state index contributed by atoms with van der Waals surface area (Å²) >= 11 is 3.56. The zero-order valence-corrected chi connectivity index (χ0v) is 13.1. The van der Waals surface area contributed by atoms with Crippen molar-refractivity contribution in [2.24, 2.45) is 0 Å². The number of nitrogens with zero attached hydrogens (tertiary/aromatic N) is 2. The van der Waals surface area contributed by atoms with Crippen molar-refractivity contribution in [2.45, 2.75) is 26.5 Å². The van der Waals surface area contributed by atoms with Crippen LogP contribution in [0.2, 0.25) is 0 Å². The second-order valence-corrected chi connectivity index (χ2v) is 5.24. The summed E-state index contributed by atoms with van der Waals surface area (Å²) in [4.78, 5) is 8.27. The molecule has 1 aromatic heterocycles. The Balaban J connectivity index is 1.96. The molecule has 0 atom stereocenters. The zero-order chi connectivity index (χ0) is 14.2. The fraction of sp³-hybridized carbons (Fsp3) is 0.333. The van der Waals surface area contributed by atoms with Crippen LogP contribution in [-0.2, 0) is 13.2 Å². The molecule has 0 radical (unpaired) electrons. The first-order valence-corrected chi connectivity index (χ1v) is 7.46.